The predicted octanol–water partition coefficient (Wildman–Crippen LogP) is 15.7. The van der Waals surface area contributed by atoms with E-state index in [1.165, 1.54) is 46.2 Å². The van der Waals surface area contributed by atoms with Gasteiger partial charge >= 0.3 is 30.2 Å². The number of hydrogen-bond donors (Lipinski definition) is 3. The molecule has 106 heavy (non-hydrogen) atoms. The molecule has 5 aromatic carbocycles. The molecule has 10 aromatic rings. The molecule has 5 aromatic heterocycles. The maximum Gasteiger partial charge on any atom is 0.414 e. The monoisotopic (exact) mass is 1460 g/mol. The van der Waals surface area contributed by atoms with Gasteiger partial charge in [0.25, 0.3) is 0 Å². The quantitative estimate of drug-likeness (QED) is 0.0853. The van der Waals surface area contributed by atoms with Crippen LogP contribution in [0.4, 0.5) is 31.4 Å². The van der Waals surface area contributed by atoms with Crippen molar-refractivity contribution in [2.45, 2.75) is 217 Å². The fourth-order valence-electron chi connectivity index (χ4n) is 17.7. The highest BCUT2D eigenvalue weighted by Crippen LogP contribution is 2.46. The van der Waals surface area contributed by atoms with Crippen LogP contribution >= 0.6 is 11.6 Å². The van der Waals surface area contributed by atoms with Crippen LogP contribution in [-0.4, -0.2) is 139 Å². The number of H-pyrrole nitrogens is 1. The highest BCUT2D eigenvalue weighted by Gasteiger charge is 2.38. The van der Waals surface area contributed by atoms with Crippen molar-refractivity contribution in [3.8, 4) is 0 Å². The van der Waals surface area contributed by atoms with E-state index in [0.29, 0.717) is 61.3 Å². The second kappa shape index (κ2) is 31.9. The Hall–Kier alpha value is -10.2. The van der Waals surface area contributed by atoms with Gasteiger partial charge in [0.15, 0.2) is 5.82 Å². The first-order chi connectivity index (χ1) is 51.5. The van der Waals surface area contributed by atoms with E-state index >= 15 is 0 Å². The number of imidazole rings is 3. The summed E-state index contributed by atoms with van der Waals surface area (Å²) in [5, 5.41) is 38.9. The zero-order valence-electron chi connectivity index (χ0n) is 61.2. The number of aromatic carboxylic acids is 1. The molecule has 3 amide bonds. The van der Waals surface area contributed by atoms with Crippen molar-refractivity contribution < 1.29 is 48.4 Å². The Morgan fingerprint density at radius 3 is 1.54 bits per heavy atom. The minimum Gasteiger partial charge on any atom is -0.481 e. The molecule has 3 saturated carbocycles. The normalized spacial score (nSPS) is 20.9. The van der Waals surface area contributed by atoms with Gasteiger partial charge in [-0.05, 0) is 177 Å². The Morgan fingerprint density at radius 1 is 0.538 bits per heavy atom. The van der Waals surface area contributed by atoms with Crippen LogP contribution in [0.5, 0.6) is 0 Å². The number of carbonyl (C=O) groups is 5. The summed E-state index contributed by atoms with van der Waals surface area (Å²) in [5.74, 6) is 2.20. The molecule has 0 radical (unpaired) electrons. The number of tetrazole rings is 1. The molecule has 3 aliphatic carbocycles. The van der Waals surface area contributed by atoms with E-state index in [-0.39, 0.29) is 54.3 Å². The lowest BCUT2D eigenvalue weighted by Gasteiger charge is -2.34. The number of anilines is 3. The van der Waals surface area contributed by atoms with Crippen LogP contribution in [0.1, 0.15) is 209 Å². The number of methoxy groups -OCH3 is 3. The van der Waals surface area contributed by atoms with E-state index in [1.54, 1.807) is 39.2 Å². The first-order valence-corrected chi connectivity index (χ1v) is 38.1. The van der Waals surface area contributed by atoms with Crippen LogP contribution in [0.15, 0.2) is 103 Å². The maximum absolute atomic E-state index is 12.6. The molecule has 6 aliphatic rings. The minimum atomic E-state index is -0.896. The summed E-state index contributed by atoms with van der Waals surface area (Å²) in [6.07, 6.45) is 23.3. The number of aliphatic carboxylic acids is 1. The third kappa shape index (κ3) is 14.7. The molecule has 3 fully saturated rings. The number of nitrogens with zero attached hydrogens (tertiary/aromatic N) is 14. The van der Waals surface area contributed by atoms with Gasteiger partial charge in [-0.25, -0.2) is 34.1 Å². The van der Waals surface area contributed by atoms with Crippen molar-refractivity contribution in [3.05, 3.63) is 165 Å². The average molecular weight is 1460 g/mol. The number of carboxylic acids is 2. The summed E-state index contributed by atoms with van der Waals surface area (Å²) in [6.45, 7) is 6.79. The number of rotatable bonds is 14. The Bertz CT molecular complexity index is 4840. The van der Waals surface area contributed by atoms with Crippen molar-refractivity contribution in [2.24, 2.45) is 5.92 Å². The lowest BCUT2D eigenvalue weighted by molar-refractivity contribution is -0.143. The highest BCUT2D eigenvalue weighted by molar-refractivity contribution is 6.30. The Labute approximate surface area is 620 Å². The fraction of sp³-hybridized carbons (Fsp3) is 0.475. The Morgan fingerprint density at radius 2 is 1.04 bits per heavy atom. The third-order valence-electron chi connectivity index (χ3n) is 23.0. The zero-order chi connectivity index (χ0) is 73.9. The summed E-state index contributed by atoms with van der Waals surface area (Å²) >= 11 is 6.05. The van der Waals surface area contributed by atoms with E-state index in [9.17, 15) is 34.2 Å². The number of amides is 3. The Kier molecular flexibility index (Phi) is 21.9. The van der Waals surface area contributed by atoms with Gasteiger partial charge in [0, 0.05) is 90.9 Å². The van der Waals surface area contributed by atoms with Crippen LogP contribution in [0.2, 0.25) is 5.02 Å². The van der Waals surface area contributed by atoms with E-state index in [4.69, 9.17) is 40.8 Å². The number of aryl methyl sites for hydroxylation is 7. The Balaban J connectivity index is 0.000000134. The van der Waals surface area contributed by atoms with Crippen LogP contribution in [0, 0.1) is 5.92 Å². The second-order valence-electron chi connectivity index (χ2n) is 29.4. The van der Waals surface area contributed by atoms with Gasteiger partial charge in [-0.1, -0.05) is 91.0 Å². The van der Waals surface area contributed by atoms with E-state index in [1.807, 2.05) is 41.9 Å². The first-order valence-electron chi connectivity index (χ1n) is 37.7. The summed E-state index contributed by atoms with van der Waals surface area (Å²) in [4.78, 5) is 81.8. The molecule has 5 atom stereocenters. The number of benzene rings is 5. The number of ether oxygens (including phenoxy) is 3. The zero-order valence-corrected chi connectivity index (χ0v) is 62.0. The summed E-state index contributed by atoms with van der Waals surface area (Å²) in [5.41, 5.74) is 14.6. The van der Waals surface area contributed by atoms with E-state index in [2.05, 4.69) is 102 Å². The molecule has 25 nitrogen and oxygen atoms in total. The van der Waals surface area contributed by atoms with Crippen LogP contribution < -0.4 is 14.7 Å². The number of halogens is 1. The number of nitrogens with one attached hydrogen (secondary N) is 1. The smallest absolute Gasteiger partial charge is 0.414 e. The van der Waals surface area contributed by atoms with Crippen LogP contribution in [0.3, 0.4) is 0 Å². The topological polar surface area (TPSA) is 289 Å². The van der Waals surface area contributed by atoms with Gasteiger partial charge < -0.3 is 38.1 Å². The SMILES string of the molecule is COC(=O)N1c2ccc3c(nc(CCc4ccccc4C(=O)O)n3C3CCCCC3)c2CC[C@@H]1C.COC(=O)N1c2ccc3c(nc(CCn4cc(Cl)cn4)n3C3CCC(C(=O)O)CC3)c2CC[C@@H]1C.COC(=O)N1c2ccc3c(nc(Cc4ccccc4)n3[C@@H]3CCC[C@@H](c4nn[nH]n4)C3)c2CC[C@@H]1C. The molecule has 0 saturated heterocycles. The number of aromatic amines is 1. The molecule has 0 bridgehead atoms. The van der Waals surface area contributed by atoms with Crippen molar-refractivity contribution in [2.75, 3.05) is 36.0 Å². The average Bonchev–Trinajstić information content (AvgIpc) is 1.56. The molecule has 3 N–H and O–H groups in total. The number of carbonyl (C=O) groups excluding carboxylic acids is 3. The van der Waals surface area contributed by atoms with E-state index in [0.717, 1.165) is 192 Å². The third-order valence-corrected chi connectivity index (χ3v) is 23.2. The standard InChI is InChI=1S/C28H33N3O4.C27H31N7O2.C25H30ClN5O4/c1-18-12-14-22-23(30(18)28(34)35-2)15-16-24-26(22)29-25(31(24)20-9-4-3-5-10-20)17-13-19-8-6-7-11-21(19)27(32)33;1-17-11-12-21-22(33(17)27(35)36-2)13-14-23-25(21)28-24(15-18-7-4-3-5-8-18)34(23)20-10-6-9-19(16-20)26-29-31-32-30-26;1-15-3-8-19-20(30(15)25(34)35-2)9-10-21-23(19)28-22(11-12-29-14-17(26)13-27-29)31(21)18-6-4-16(5-7-18)24(32)33/h6-8,11,15-16,18,20H,3-5,9-10,12-14,17H2,1-2H3,(H,32,33);3-5,7-8,13-14,17,19-20H,6,9-12,15-16H2,1-2H3,(H,29,30,31,32);9-10,13-16,18H,3-8,11-12H2,1-2H3,(H,32,33)/t18-;17-,19+,20+;15-,16?,18?/m000/s1. The van der Waals surface area contributed by atoms with E-state index < -0.39 is 11.9 Å². The summed E-state index contributed by atoms with van der Waals surface area (Å²) in [6, 6.07) is 31.2. The van der Waals surface area contributed by atoms with Crippen LogP contribution in [-0.2, 0) is 70.5 Å². The molecular formula is C80H94ClN15O10. The number of fused-ring (bicyclic) bond motifs is 9. The molecule has 0 spiro atoms. The van der Waals surface area contributed by atoms with Gasteiger partial charge in [-0.3, -0.25) is 24.2 Å². The lowest BCUT2D eigenvalue weighted by atomic mass is 9.85. The molecule has 0 unspecified atom stereocenters. The van der Waals surface area contributed by atoms with Crippen molar-refractivity contribution in [1.29, 1.82) is 0 Å². The van der Waals surface area contributed by atoms with Crippen molar-refractivity contribution in [3.63, 3.8) is 0 Å². The largest absolute Gasteiger partial charge is 0.481 e. The summed E-state index contributed by atoms with van der Waals surface area (Å²) in [7, 11) is 4.27. The number of aromatic nitrogens is 12. The molecule has 3 aliphatic heterocycles. The van der Waals surface area contributed by atoms with Gasteiger partial charge in [0.05, 0.1) is 94.2 Å². The molecule has 16 rings (SSSR count). The van der Waals surface area contributed by atoms with Gasteiger partial charge in [-0.2, -0.15) is 10.3 Å². The summed E-state index contributed by atoms with van der Waals surface area (Å²) < 4.78 is 24.3. The number of hydrogen-bond acceptors (Lipinski definition) is 15. The number of carboxylic acid groups (broad SMARTS) is 2. The predicted molar refractivity (Wildman–Crippen MR) is 403 cm³/mol. The van der Waals surface area contributed by atoms with Crippen molar-refractivity contribution >= 4 is 92.0 Å². The second-order valence-corrected chi connectivity index (χ2v) is 29.8. The van der Waals surface area contributed by atoms with Gasteiger partial charge in [-0.15, -0.1) is 10.2 Å². The van der Waals surface area contributed by atoms with Crippen LogP contribution in [0.25, 0.3) is 33.1 Å². The molecule has 8 heterocycles. The van der Waals surface area contributed by atoms with Gasteiger partial charge in [0.2, 0.25) is 0 Å². The van der Waals surface area contributed by atoms with Gasteiger partial charge in [0.1, 0.15) is 17.5 Å². The minimum absolute atomic E-state index is 0.0461. The molecular weight excluding hydrogens is 1370 g/mol. The molecule has 26 heteroatoms. The first kappa shape index (κ1) is 72.8. The lowest BCUT2D eigenvalue weighted by Crippen LogP contribution is -2.42. The maximum atomic E-state index is 12.6. The molecule has 556 valence electrons. The highest BCUT2D eigenvalue weighted by atomic mass is 35.5. The fourth-order valence-corrected chi connectivity index (χ4v) is 17.9. The van der Waals surface area contributed by atoms with Crippen molar-refractivity contribution in [1.82, 2.24) is 59.1 Å².